The van der Waals surface area contributed by atoms with Crippen LogP contribution in [0.3, 0.4) is 0 Å². The number of ether oxygens (including phenoxy) is 3. The predicted octanol–water partition coefficient (Wildman–Crippen LogP) is 4.93. The van der Waals surface area contributed by atoms with E-state index in [9.17, 15) is 9.59 Å². The monoisotopic (exact) mass is 583 g/mol. The lowest BCUT2D eigenvalue weighted by atomic mass is 10.0. The molecular weight excluding hydrogens is 557 g/mol. The van der Waals surface area contributed by atoms with Crippen molar-refractivity contribution < 1.29 is 19.0 Å². The van der Waals surface area contributed by atoms with E-state index >= 15 is 0 Å². The Hall–Kier alpha value is -3.86. The molecule has 2 atom stereocenters. The summed E-state index contributed by atoms with van der Waals surface area (Å²) < 4.78 is 19.7. The van der Waals surface area contributed by atoms with E-state index in [2.05, 4.69) is 9.97 Å². The van der Waals surface area contributed by atoms with Crippen LogP contribution < -0.4 is 19.9 Å². The molecule has 1 aromatic carbocycles. The van der Waals surface area contributed by atoms with Gasteiger partial charge in [0.15, 0.2) is 0 Å². The van der Waals surface area contributed by atoms with Gasteiger partial charge in [-0.05, 0) is 36.8 Å². The average molecular weight is 584 g/mol. The van der Waals surface area contributed by atoms with E-state index in [1.165, 1.54) is 24.9 Å². The second kappa shape index (κ2) is 11.0. The number of carbonyl (C=O) groups is 1. The first kappa shape index (κ1) is 27.7. The number of hydrogen-bond acceptors (Lipinski definition) is 7. The molecule has 12 heteroatoms. The number of pyridine rings is 1. The molecule has 0 bridgehead atoms. The first-order valence-corrected chi connectivity index (χ1v) is 13.1. The Morgan fingerprint density at radius 1 is 1.02 bits per heavy atom. The Morgan fingerprint density at radius 3 is 2.38 bits per heavy atom. The summed E-state index contributed by atoms with van der Waals surface area (Å²) in [5, 5.41) is 0.574. The van der Waals surface area contributed by atoms with Crippen molar-refractivity contribution in [1.29, 1.82) is 0 Å². The van der Waals surface area contributed by atoms with Crippen LogP contribution in [0.1, 0.15) is 40.6 Å². The number of anilines is 1. The number of aryl methyl sites for hydroxylation is 1. The summed E-state index contributed by atoms with van der Waals surface area (Å²) in [5.74, 6) is 0.0359. The molecule has 0 saturated carbocycles. The molecule has 0 radical (unpaired) electrons. The van der Waals surface area contributed by atoms with Gasteiger partial charge in [0.2, 0.25) is 5.88 Å². The third kappa shape index (κ3) is 4.61. The summed E-state index contributed by atoms with van der Waals surface area (Å²) in [6, 6.07) is 10.0. The third-order valence-electron chi connectivity index (χ3n) is 6.86. The number of carbonyl (C=O) groups excluding carboxylic acids is 1. The van der Waals surface area contributed by atoms with Gasteiger partial charge in [0.25, 0.3) is 11.5 Å². The number of aromatic nitrogens is 4. The lowest BCUT2D eigenvalue weighted by molar-refractivity contribution is 0.0993. The number of halogens is 2. The molecule has 1 amide bonds. The molecule has 1 aliphatic rings. The summed E-state index contributed by atoms with van der Waals surface area (Å²) in [6.45, 7) is 2.36. The van der Waals surface area contributed by atoms with Gasteiger partial charge in [-0.15, -0.1) is 0 Å². The number of methoxy groups -OCH3 is 3. The van der Waals surface area contributed by atoms with Crippen molar-refractivity contribution in [2.45, 2.75) is 19.0 Å². The molecule has 40 heavy (non-hydrogen) atoms. The Kier molecular flexibility index (Phi) is 7.59. The van der Waals surface area contributed by atoms with Crippen molar-refractivity contribution in [3.8, 4) is 23.1 Å². The fraction of sp³-hybridized carbons (Fsp3) is 0.286. The van der Waals surface area contributed by atoms with E-state index in [4.69, 9.17) is 37.4 Å². The first-order chi connectivity index (χ1) is 19.2. The van der Waals surface area contributed by atoms with Gasteiger partial charge in [0, 0.05) is 31.6 Å². The minimum absolute atomic E-state index is 0.00988. The molecule has 4 heterocycles. The molecule has 208 valence electrons. The Balaban J connectivity index is 1.80. The number of hydrogen-bond donors (Lipinski definition) is 0. The van der Waals surface area contributed by atoms with Gasteiger partial charge in [0.1, 0.15) is 11.1 Å². The molecule has 1 aliphatic heterocycles. The van der Waals surface area contributed by atoms with Gasteiger partial charge in [-0.1, -0.05) is 35.3 Å². The first-order valence-electron chi connectivity index (χ1n) is 12.3. The van der Waals surface area contributed by atoms with Crippen LogP contribution in [0, 0.1) is 0 Å². The highest BCUT2D eigenvalue weighted by Crippen LogP contribution is 2.47. The topological polar surface area (TPSA) is 101 Å². The second-order valence-electron chi connectivity index (χ2n) is 9.37. The summed E-state index contributed by atoms with van der Waals surface area (Å²) in [5.41, 5.74) is 3.40. The lowest BCUT2D eigenvalue weighted by Gasteiger charge is -2.30. The van der Waals surface area contributed by atoms with Crippen LogP contribution in [0.15, 0.2) is 53.6 Å². The van der Waals surface area contributed by atoms with Gasteiger partial charge in [-0.3, -0.25) is 14.5 Å². The molecule has 10 nitrogen and oxygen atoms in total. The molecule has 0 unspecified atom stereocenters. The van der Waals surface area contributed by atoms with Gasteiger partial charge >= 0.3 is 6.01 Å². The Bertz CT molecular complexity index is 1620. The SMILES string of the molecule is COC[C@@H](C)n1c(-c2cnc(OC)nc2OC)cc2c1[C@@H](c1ccc(Cl)cc1)N(c1cc(Cl)c(=O)n(C)c1)C2=O. The van der Waals surface area contributed by atoms with Crippen LogP contribution in [0.25, 0.3) is 11.3 Å². The summed E-state index contributed by atoms with van der Waals surface area (Å²) in [7, 11) is 6.20. The van der Waals surface area contributed by atoms with E-state index in [1.807, 2.05) is 29.7 Å². The third-order valence-corrected chi connectivity index (χ3v) is 7.39. The number of rotatable bonds is 8. The molecule has 0 N–H and O–H groups in total. The Morgan fingerprint density at radius 2 is 1.75 bits per heavy atom. The lowest BCUT2D eigenvalue weighted by Crippen LogP contribution is -2.32. The number of benzene rings is 1. The zero-order chi connectivity index (χ0) is 28.7. The zero-order valence-corrected chi connectivity index (χ0v) is 24.0. The van der Waals surface area contributed by atoms with Crippen molar-refractivity contribution in [1.82, 2.24) is 19.1 Å². The quantitative estimate of drug-likeness (QED) is 0.290. The van der Waals surface area contributed by atoms with Crippen molar-refractivity contribution in [2.24, 2.45) is 7.05 Å². The van der Waals surface area contributed by atoms with Crippen LogP contribution >= 0.6 is 23.2 Å². The molecular formula is C28H27Cl2N5O5. The van der Waals surface area contributed by atoms with Gasteiger partial charge in [-0.25, -0.2) is 4.98 Å². The highest BCUT2D eigenvalue weighted by molar-refractivity contribution is 6.31. The fourth-order valence-corrected chi connectivity index (χ4v) is 5.51. The maximum Gasteiger partial charge on any atom is 0.319 e. The molecule has 0 fully saturated rings. The van der Waals surface area contributed by atoms with Gasteiger partial charge in [-0.2, -0.15) is 4.98 Å². The van der Waals surface area contributed by atoms with Crippen molar-refractivity contribution in [2.75, 3.05) is 32.8 Å². The van der Waals surface area contributed by atoms with Gasteiger partial charge < -0.3 is 23.3 Å². The molecule has 4 aromatic rings. The number of fused-ring (bicyclic) bond motifs is 1. The standard InChI is InChI=1S/C28H27Cl2N5O5/c1-15(14-38-3)34-22(20-12-31-28(40-5)32-25(20)39-4)11-19-24(34)23(16-6-8-17(29)9-7-16)35(26(19)36)18-10-21(30)27(37)33(2)13-18/h6-13,15,23H,14H2,1-5H3/t15-,23-/m1/s1. The van der Waals surface area contributed by atoms with Crippen molar-refractivity contribution in [3.05, 3.63) is 86.0 Å². The van der Waals surface area contributed by atoms with E-state index < -0.39 is 6.04 Å². The summed E-state index contributed by atoms with van der Waals surface area (Å²) in [4.78, 5) is 36.9. The van der Waals surface area contributed by atoms with Crippen LogP contribution in [0.4, 0.5) is 5.69 Å². The molecule has 3 aromatic heterocycles. The van der Waals surface area contributed by atoms with Crippen LogP contribution in [0.2, 0.25) is 10.0 Å². The van der Waals surface area contributed by atoms with E-state index in [0.717, 1.165) is 11.3 Å². The van der Waals surface area contributed by atoms with Gasteiger partial charge in [0.05, 0.1) is 55.1 Å². The summed E-state index contributed by atoms with van der Waals surface area (Å²) in [6.07, 6.45) is 3.21. The highest BCUT2D eigenvalue weighted by Gasteiger charge is 2.44. The summed E-state index contributed by atoms with van der Waals surface area (Å²) >= 11 is 12.5. The smallest absolute Gasteiger partial charge is 0.319 e. The molecule has 0 aliphatic carbocycles. The predicted molar refractivity (Wildman–Crippen MR) is 152 cm³/mol. The number of nitrogens with zero attached hydrogens (tertiary/aromatic N) is 5. The minimum atomic E-state index is -0.577. The van der Waals surface area contributed by atoms with Crippen LogP contribution in [-0.4, -0.2) is 52.9 Å². The largest absolute Gasteiger partial charge is 0.480 e. The van der Waals surface area contributed by atoms with E-state index in [1.54, 1.807) is 43.6 Å². The van der Waals surface area contributed by atoms with Crippen molar-refractivity contribution >= 4 is 34.8 Å². The second-order valence-corrected chi connectivity index (χ2v) is 10.2. The average Bonchev–Trinajstić information content (AvgIpc) is 3.46. The van der Waals surface area contributed by atoms with E-state index in [-0.39, 0.29) is 28.5 Å². The fourth-order valence-electron chi connectivity index (χ4n) is 5.14. The maximum atomic E-state index is 14.2. The molecule has 0 saturated heterocycles. The minimum Gasteiger partial charge on any atom is -0.480 e. The normalized spacial score (nSPS) is 15.3. The maximum absolute atomic E-state index is 14.2. The zero-order valence-electron chi connectivity index (χ0n) is 22.5. The van der Waals surface area contributed by atoms with E-state index in [0.29, 0.717) is 40.0 Å². The molecule has 5 rings (SSSR count). The van der Waals surface area contributed by atoms with Crippen molar-refractivity contribution in [3.63, 3.8) is 0 Å². The van der Waals surface area contributed by atoms with Crippen LogP contribution in [0.5, 0.6) is 11.9 Å². The molecule has 0 spiro atoms. The highest BCUT2D eigenvalue weighted by atomic mass is 35.5. The number of amides is 1. The Labute approximate surface area is 240 Å². The van der Waals surface area contributed by atoms with Crippen LogP contribution in [-0.2, 0) is 11.8 Å².